The maximum absolute atomic E-state index is 12.6. The van der Waals surface area contributed by atoms with Gasteiger partial charge in [-0.15, -0.1) is 5.10 Å². The van der Waals surface area contributed by atoms with E-state index in [0.29, 0.717) is 11.0 Å². The van der Waals surface area contributed by atoms with Gasteiger partial charge in [0.2, 0.25) is 11.1 Å². The zero-order valence-corrected chi connectivity index (χ0v) is 19.0. The summed E-state index contributed by atoms with van der Waals surface area (Å²) in [5.41, 5.74) is 0.954. The molecular weight excluding hydrogens is 422 g/mol. The van der Waals surface area contributed by atoms with Gasteiger partial charge in [0.25, 0.3) is 0 Å². The van der Waals surface area contributed by atoms with Crippen LogP contribution in [0.15, 0.2) is 35.5 Å². The number of carbonyl (C=O) groups is 2. The predicted octanol–water partition coefficient (Wildman–Crippen LogP) is 4.25. The van der Waals surface area contributed by atoms with Crippen molar-refractivity contribution in [1.29, 1.82) is 0 Å². The zero-order valence-electron chi connectivity index (χ0n) is 18.2. The minimum atomic E-state index is -0.487. The van der Waals surface area contributed by atoms with E-state index in [-0.39, 0.29) is 17.5 Å². The Bertz CT molecular complexity index is 983. The largest absolute Gasteiger partial charge is 0.332 e. The summed E-state index contributed by atoms with van der Waals surface area (Å²) < 4.78 is 0. The smallest absolute Gasteiger partial charge is 0.321 e. The Morgan fingerprint density at radius 3 is 2.41 bits per heavy atom. The van der Waals surface area contributed by atoms with Crippen molar-refractivity contribution in [2.75, 3.05) is 0 Å². The minimum Gasteiger partial charge on any atom is -0.332 e. The molecular formula is C24H29N5O2S. The number of nitrogens with one attached hydrogen (secondary N) is 3. The first-order valence-corrected chi connectivity index (χ1v) is 12.3. The van der Waals surface area contributed by atoms with Gasteiger partial charge in [-0.2, -0.15) is 0 Å². The summed E-state index contributed by atoms with van der Waals surface area (Å²) >= 11 is 1.23. The third kappa shape index (κ3) is 4.75. The van der Waals surface area contributed by atoms with Gasteiger partial charge in [0.15, 0.2) is 0 Å². The van der Waals surface area contributed by atoms with Gasteiger partial charge < -0.3 is 5.32 Å². The summed E-state index contributed by atoms with van der Waals surface area (Å²) in [4.78, 5) is 29.6. The van der Waals surface area contributed by atoms with E-state index in [9.17, 15) is 9.59 Å². The van der Waals surface area contributed by atoms with Crippen LogP contribution in [0.5, 0.6) is 0 Å². The Balaban J connectivity index is 1.12. The van der Waals surface area contributed by atoms with E-state index in [4.69, 9.17) is 0 Å². The lowest BCUT2D eigenvalue weighted by atomic mass is 9.53. The summed E-state index contributed by atoms with van der Waals surface area (Å²) in [6.07, 6.45) is 10.9. The van der Waals surface area contributed by atoms with E-state index in [1.54, 1.807) is 6.92 Å². The highest BCUT2D eigenvalue weighted by molar-refractivity contribution is 8.00. The molecule has 0 saturated heterocycles. The van der Waals surface area contributed by atoms with E-state index < -0.39 is 5.25 Å². The number of hydrogen-bond donors (Lipinski definition) is 3. The number of amides is 3. The van der Waals surface area contributed by atoms with Crippen LogP contribution in [-0.4, -0.2) is 37.9 Å². The average Bonchev–Trinajstić information content (AvgIpc) is 3.18. The third-order valence-corrected chi connectivity index (χ3v) is 7.98. The molecule has 3 amide bonds. The van der Waals surface area contributed by atoms with Crippen LogP contribution in [0.2, 0.25) is 0 Å². The number of hydrogen-bond acceptors (Lipinski definition) is 5. The second-order valence-corrected chi connectivity index (χ2v) is 11.0. The fourth-order valence-corrected chi connectivity index (χ4v) is 6.82. The maximum atomic E-state index is 12.6. The van der Waals surface area contributed by atoms with E-state index in [1.165, 1.54) is 31.0 Å². The second kappa shape index (κ2) is 8.73. The van der Waals surface area contributed by atoms with Crippen LogP contribution < -0.4 is 10.6 Å². The number of aromatic nitrogens is 3. The van der Waals surface area contributed by atoms with Crippen molar-refractivity contribution in [2.45, 2.75) is 61.4 Å². The first kappa shape index (κ1) is 21.2. The second-order valence-electron chi connectivity index (χ2n) is 9.65. The van der Waals surface area contributed by atoms with E-state index >= 15 is 0 Å². The highest BCUT2D eigenvalue weighted by Crippen LogP contribution is 2.55. The number of carbonyl (C=O) groups excluding carboxylic acids is 2. The predicted molar refractivity (Wildman–Crippen MR) is 125 cm³/mol. The zero-order chi connectivity index (χ0) is 22.1. The minimum absolute atomic E-state index is 0.112. The Hall–Kier alpha value is -2.61. The highest BCUT2D eigenvalue weighted by atomic mass is 32.2. The molecule has 3 N–H and O–H groups in total. The van der Waals surface area contributed by atoms with Gasteiger partial charge in [-0.05, 0) is 74.8 Å². The van der Waals surface area contributed by atoms with Crippen LogP contribution >= 0.6 is 11.8 Å². The molecule has 0 spiro atoms. The number of benzene rings is 1. The van der Waals surface area contributed by atoms with Crippen LogP contribution in [0.1, 0.15) is 56.8 Å². The Kier molecular flexibility index (Phi) is 5.80. The van der Waals surface area contributed by atoms with Crippen molar-refractivity contribution in [2.24, 2.45) is 17.8 Å². The first-order chi connectivity index (χ1) is 15.5. The molecule has 4 bridgehead atoms. The Morgan fingerprint density at radius 2 is 1.75 bits per heavy atom. The molecule has 1 aromatic heterocycles. The fraction of sp³-hybridized carbons (Fsp3) is 0.500. The molecule has 1 heterocycles. The molecule has 1 unspecified atom stereocenters. The standard InChI is InChI=1S/C24H29N5O2S/c1-15(32-23-25-20(28-29-23)8-7-16-5-3-2-4-6-16)21(30)26-22(31)27-24-12-17-9-18(13-24)11-19(10-17)14-24/h2-8,15,17-19H,9-14H2,1H3,(H,25,28,29)(H2,26,27,30,31)/b8-7+. The third-order valence-electron chi connectivity index (χ3n) is 7.02. The normalized spacial score (nSPS) is 29.2. The summed E-state index contributed by atoms with van der Waals surface area (Å²) in [6, 6.07) is 9.55. The molecule has 4 fully saturated rings. The Morgan fingerprint density at radius 1 is 1.09 bits per heavy atom. The molecule has 4 aliphatic rings. The number of imide groups is 1. The number of thioether (sulfide) groups is 1. The summed E-state index contributed by atoms with van der Waals surface area (Å²) in [5, 5.41) is 12.7. The van der Waals surface area contributed by atoms with Gasteiger partial charge in [-0.1, -0.05) is 48.2 Å². The van der Waals surface area contributed by atoms with Crippen LogP contribution in [0.25, 0.3) is 12.2 Å². The maximum Gasteiger partial charge on any atom is 0.321 e. The average molecular weight is 452 g/mol. The van der Waals surface area contributed by atoms with Gasteiger partial charge in [0.05, 0.1) is 5.25 Å². The number of urea groups is 1. The number of H-pyrrole nitrogens is 1. The summed E-state index contributed by atoms with van der Waals surface area (Å²) in [5.74, 6) is 2.50. The molecule has 7 nitrogen and oxygen atoms in total. The molecule has 1 aromatic carbocycles. The van der Waals surface area contributed by atoms with Gasteiger partial charge >= 0.3 is 6.03 Å². The summed E-state index contributed by atoms with van der Waals surface area (Å²) in [6.45, 7) is 1.76. The lowest BCUT2D eigenvalue weighted by Crippen LogP contribution is -2.62. The molecule has 4 aliphatic carbocycles. The lowest BCUT2D eigenvalue weighted by molar-refractivity contribution is -0.119. The van der Waals surface area contributed by atoms with Crippen LogP contribution in [0.3, 0.4) is 0 Å². The van der Waals surface area contributed by atoms with E-state index in [2.05, 4.69) is 25.8 Å². The number of nitrogens with zero attached hydrogens (tertiary/aromatic N) is 2. The van der Waals surface area contributed by atoms with E-state index in [1.807, 2.05) is 42.5 Å². The molecule has 2 aromatic rings. The lowest BCUT2D eigenvalue weighted by Gasteiger charge is -2.56. The number of aromatic amines is 1. The van der Waals surface area contributed by atoms with Crippen molar-refractivity contribution in [1.82, 2.24) is 25.8 Å². The summed E-state index contributed by atoms with van der Waals surface area (Å²) in [7, 11) is 0. The van der Waals surface area contributed by atoms with Crippen LogP contribution in [0, 0.1) is 17.8 Å². The van der Waals surface area contributed by atoms with Crippen molar-refractivity contribution >= 4 is 35.9 Å². The quantitative estimate of drug-likeness (QED) is 0.570. The number of rotatable bonds is 6. The molecule has 1 atom stereocenters. The first-order valence-electron chi connectivity index (χ1n) is 11.4. The van der Waals surface area contributed by atoms with Crippen molar-refractivity contribution in [3.05, 3.63) is 41.7 Å². The topological polar surface area (TPSA) is 99.8 Å². The van der Waals surface area contributed by atoms with Gasteiger partial charge in [0.1, 0.15) is 5.82 Å². The van der Waals surface area contributed by atoms with Gasteiger partial charge in [-0.3, -0.25) is 15.2 Å². The van der Waals surface area contributed by atoms with Crippen molar-refractivity contribution < 1.29 is 9.59 Å². The molecule has 0 aliphatic heterocycles. The molecule has 8 heteroatoms. The molecule has 4 saturated carbocycles. The molecule has 0 radical (unpaired) electrons. The van der Waals surface area contributed by atoms with Crippen LogP contribution in [0.4, 0.5) is 4.79 Å². The SMILES string of the molecule is CC(Sc1n[nH]c(/C=C/c2ccccc2)n1)C(=O)NC(=O)NC12CC3CC(CC(C3)C1)C2. The fourth-order valence-electron chi connectivity index (χ4n) is 6.09. The molecule has 168 valence electrons. The molecule has 6 rings (SSSR count). The van der Waals surface area contributed by atoms with Crippen LogP contribution in [-0.2, 0) is 4.79 Å². The van der Waals surface area contributed by atoms with Gasteiger partial charge in [0, 0.05) is 5.54 Å². The highest BCUT2D eigenvalue weighted by Gasteiger charge is 2.51. The monoisotopic (exact) mass is 451 g/mol. The van der Waals surface area contributed by atoms with Crippen molar-refractivity contribution in [3.63, 3.8) is 0 Å². The van der Waals surface area contributed by atoms with Crippen molar-refractivity contribution in [3.8, 4) is 0 Å². The molecule has 32 heavy (non-hydrogen) atoms. The van der Waals surface area contributed by atoms with E-state index in [0.717, 1.165) is 42.6 Å². The Labute approximate surface area is 192 Å². The van der Waals surface area contributed by atoms with Gasteiger partial charge in [-0.25, -0.2) is 9.78 Å².